The van der Waals surface area contributed by atoms with E-state index in [4.69, 9.17) is 0 Å². The second kappa shape index (κ2) is 7.28. The van der Waals surface area contributed by atoms with Crippen molar-refractivity contribution in [1.82, 2.24) is 14.5 Å². The van der Waals surface area contributed by atoms with Crippen molar-refractivity contribution in [3.05, 3.63) is 86.6 Å². The van der Waals surface area contributed by atoms with E-state index in [1.165, 1.54) is 17.1 Å². The minimum atomic E-state index is -6.18. The SMILES string of the molecule is O=c1[nH]c(=O)n(-c2ccccc2F)c2c1C(C(F)(F)F)(C(F)(F)F)N=C(c1ccncc1)N2. The predicted molar refractivity (Wildman–Crippen MR) is 101 cm³/mol. The maximum atomic E-state index is 14.4. The monoisotopic (exact) mass is 473 g/mol. The number of aromatic amines is 1. The average molecular weight is 473 g/mol. The summed E-state index contributed by atoms with van der Waals surface area (Å²) in [7, 11) is 0. The molecule has 7 nitrogen and oxygen atoms in total. The molecule has 0 bridgehead atoms. The first-order valence-corrected chi connectivity index (χ1v) is 8.94. The number of nitrogens with one attached hydrogen (secondary N) is 2. The van der Waals surface area contributed by atoms with E-state index in [0.29, 0.717) is 0 Å². The van der Waals surface area contributed by atoms with E-state index in [1.807, 2.05) is 0 Å². The first-order chi connectivity index (χ1) is 15.4. The molecule has 4 rings (SSSR count). The van der Waals surface area contributed by atoms with Crippen molar-refractivity contribution < 1.29 is 30.7 Å². The van der Waals surface area contributed by atoms with Gasteiger partial charge in [-0.25, -0.2) is 18.7 Å². The molecule has 33 heavy (non-hydrogen) atoms. The topological polar surface area (TPSA) is 92.1 Å². The van der Waals surface area contributed by atoms with Gasteiger partial charge in [-0.2, -0.15) is 26.3 Å². The molecule has 2 N–H and O–H groups in total. The Balaban J connectivity index is 2.21. The highest BCUT2D eigenvalue weighted by atomic mass is 19.4. The van der Waals surface area contributed by atoms with Gasteiger partial charge in [-0.05, 0) is 24.3 Å². The van der Waals surface area contributed by atoms with Crippen LogP contribution in [0.3, 0.4) is 0 Å². The molecule has 0 saturated carbocycles. The number of hydrogen-bond donors (Lipinski definition) is 2. The number of alkyl halides is 6. The lowest BCUT2D eigenvalue weighted by Gasteiger charge is -2.38. The molecule has 0 unspecified atom stereocenters. The highest BCUT2D eigenvalue weighted by Crippen LogP contribution is 2.55. The number of halogens is 7. The Morgan fingerprint density at radius 1 is 0.909 bits per heavy atom. The third kappa shape index (κ3) is 3.29. The van der Waals surface area contributed by atoms with Crippen LogP contribution in [0.2, 0.25) is 0 Å². The van der Waals surface area contributed by atoms with Crippen molar-refractivity contribution in [2.24, 2.45) is 4.99 Å². The number of amidine groups is 1. The second-order valence-corrected chi connectivity index (χ2v) is 6.80. The molecule has 0 aliphatic carbocycles. The fourth-order valence-corrected chi connectivity index (χ4v) is 3.43. The van der Waals surface area contributed by atoms with Crippen molar-refractivity contribution in [2.45, 2.75) is 17.9 Å². The van der Waals surface area contributed by atoms with Gasteiger partial charge in [-0.3, -0.25) is 14.8 Å². The minimum Gasteiger partial charge on any atom is -0.325 e. The van der Waals surface area contributed by atoms with Gasteiger partial charge in [-0.15, -0.1) is 0 Å². The minimum absolute atomic E-state index is 0.189. The van der Waals surface area contributed by atoms with Gasteiger partial charge in [-0.1, -0.05) is 12.1 Å². The number of anilines is 1. The van der Waals surface area contributed by atoms with Crippen LogP contribution in [-0.4, -0.2) is 32.7 Å². The number of pyridine rings is 1. The molecular formula is C19H10F7N5O2. The van der Waals surface area contributed by atoms with E-state index in [2.05, 4.69) is 15.3 Å². The van der Waals surface area contributed by atoms with Crippen molar-refractivity contribution >= 4 is 11.7 Å². The van der Waals surface area contributed by atoms with E-state index < -0.39 is 57.9 Å². The maximum absolute atomic E-state index is 14.4. The van der Waals surface area contributed by atoms with Crippen LogP contribution in [0.4, 0.5) is 36.6 Å². The van der Waals surface area contributed by atoms with Crippen molar-refractivity contribution in [3.63, 3.8) is 0 Å². The van der Waals surface area contributed by atoms with Crippen molar-refractivity contribution in [3.8, 4) is 5.69 Å². The summed E-state index contributed by atoms with van der Waals surface area (Å²) in [6.07, 6.45) is -10.2. The maximum Gasteiger partial charge on any atom is 0.427 e. The third-order valence-corrected chi connectivity index (χ3v) is 4.86. The van der Waals surface area contributed by atoms with Crippen molar-refractivity contribution in [1.29, 1.82) is 0 Å². The highest BCUT2D eigenvalue weighted by molar-refractivity contribution is 6.09. The van der Waals surface area contributed by atoms with Gasteiger partial charge in [0, 0.05) is 18.0 Å². The van der Waals surface area contributed by atoms with Crippen LogP contribution in [0, 0.1) is 5.82 Å². The van der Waals surface area contributed by atoms with Crippen LogP contribution in [0.5, 0.6) is 0 Å². The molecule has 172 valence electrons. The number of para-hydroxylation sites is 1. The first kappa shape index (κ1) is 22.2. The molecule has 0 spiro atoms. The van der Waals surface area contributed by atoms with Gasteiger partial charge in [0.2, 0.25) is 0 Å². The van der Waals surface area contributed by atoms with Gasteiger partial charge in [0.25, 0.3) is 11.1 Å². The number of aromatic nitrogens is 3. The molecule has 0 fully saturated rings. The Kier molecular flexibility index (Phi) is 4.91. The number of nitrogens with zero attached hydrogens (tertiary/aromatic N) is 3. The smallest absolute Gasteiger partial charge is 0.325 e. The van der Waals surface area contributed by atoms with Gasteiger partial charge >= 0.3 is 18.0 Å². The lowest BCUT2D eigenvalue weighted by molar-refractivity contribution is -0.301. The molecule has 3 heterocycles. The normalized spacial score (nSPS) is 15.4. The standard InChI is InChI=1S/C19H10F7N5O2/c20-10-3-1-2-4-11(10)31-14-12(15(32)29-16(31)33)17(18(21,22)23,19(24,25)26)30-13(28-14)9-5-7-27-8-6-9/h1-8H,(H,28,30)(H,29,32,33). The molecule has 0 radical (unpaired) electrons. The molecule has 2 aromatic heterocycles. The summed E-state index contributed by atoms with van der Waals surface area (Å²) in [6, 6.07) is 6.29. The fourth-order valence-electron chi connectivity index (χ4n) is 3.43. The summed E-state index contributed by atoms with van der Waals surface area (Å²) in [4.78, 5) is 32.9. The van der Waals surface area contributed by atoms with Crippen LogP contribution in [0.1, 0.15) is 11.1 Å². The van der Waals surface area contributed by atoms with E-state index in [0.717, 1.165) is 36.7 Å². The average Bonchev–Trinajstić information content (AvgIpc) is 2.73. The lowest BCUT2D eigenvalue weighted by Crippen LogP contribution is -2.59. The van der Waals surface area contributed by atoms with E-state index in [1.54, 1.807) is 0 Å². The number of rotatable bonds is 2. The van der Waals surface area contributed by atoms with Crippen LogP contribution in [0.15, 0.2) is 63.4 Å². The molecular weight excluding hydrogens is 463 g/mol. The Bertz CT molecular complexity index is 1360. The van der Waals surface area contributed by atoms with Crippen LogP contribution in [0.25, 0.3) is 5.69 Å². The third-order valence-electron chi connectivity index (χ3n) is 4.86. The van der Waals surface area contributed by atoms with Crippen LogP contribution >= 0.6 is 0 Å². The summed E-state index contributed by atoms with van der Waals surface area (Å²) < 4.78 is 99.7. The molecule has 1 aliphatic rings. The fraction of sp³-hybridized carbons (Fsp3) is 0.158. The first-order valence-electron chi connectivity index (χ1n) is 8.94. The predicted octanol–water partition coefficient (Wildman–Crippen LogP) is 3.25. The van der Waals surface area contributed by atoms with E-state index in [-0.39, 0.29) is 10.1 Å². The number of benzene rings is 1. The van der Waals surface area contributed by atoms with Crippen molar-refractivity contribution in [2.75, 3.05) is 5.32 Å². The molecule has 0 saturated heterocycles. The van der Waals surface area contributed by atoms with Gasteiger partial charge < -0.3 is 5.32 Å². The zero-order valence-electron chi connectivity index (χ0n) is 15.9. The summed E-state index contributed by atoms with van der Waals surface area (Å²) in [5.41, 5.74) is -11.4. The zero-order chi connectivity index (χ0) is 24.2. The summed E-state index contributed by atoms with van der Waals surface area (Å²) in [6.45, 7) is 0. The number of fused-ring (bicyclic) bond motifs is 1. The molecule has 0 amide bonds. The van der Waals surface area contributed by atoms with Crippen LogP contribution < -0.4 is 16.6 Å². The van der Waals surface area contributed by atoms with Gasteiger partial charge in [0.15, 0.2) is 0 Å². The molecule has 14 heteroatoms. The summed E-state index contributed by atoms with van der Waals surface area (Å²) in [5.74, 6) is -3.34. The number of hydrogen-bond acceptors (Lipinski definition) is 5. The Hall–Kier alpha value is -3.97. The highest BCUT2D eigenvalue weighted by Gasteiger charge is 2.75. The molecule has 1 aliphatic heterocycles. The van der Waals surface area contributed by atoms with E-state index in [9.17, 15) is 40.3 Å². The largest absolute Gasteiger partial charge is 0.427 e. The molecule has 1 aromatic carbocycles. The number of aliphatic imine (C=N–C) groups is 1. The molecule has 0 atom stereocenters. The Morgan fingerprint density at radius 3 is 2.09 bits per heavy atom. The Morgan fingerprint density at radius 2 is 1.52 bits per heavy atom. The van der Waals surface area contributed by atoms with Crippen LogP contribution in [-0.2, 0) is 5.54 Å². The summed E-state index contributed by atoms with van der Waals surface area (Å²) in [5, 5.41) is 2.19. The number of H-pyrrole nitrogens is 1. The second-order valence-electron chi connectivity index (χ2n) is 6.80. The Labute approximate surface area is 178 Å². The zero-order valence-corrected chi connectivity index (χ0v) is 15.9. The van der Waals surface area contributed by atoms with E-state index >= 15 is 0 Å². The quantitative estimate of drug-likeness (QED) is 0.559. The van der Waals surface area contributed by atoms with Gasteiger partial charge in [0.1, 0.15) is 23.0 Å². The van der Waals surface area contributed by atoms with Gasteiger partial charge in [0.05, 0.1) is 5.69 Å². The summed E-state index contributed by atoms with van der Waals surface area (Å²) >= 11 is 0. The molecule has 3 aromatic rings. The lowest BCUT2D eigenvalue weighted by atomic mass is 9.87.